The van der Waals surface area contributed by atoms with Gasteiger partial charge in [0.25, 0.3) is 0 Å². The molecule has 1 aliphatic heterocycles. The Labute approximate surface area is 132 Å². The summed E-state index contributed by atoms with van der Waals surface area (Å²) in [6.45, 7) is 0. The normalized spacial score (nSPS) is 15.5. The Morgan fingerprint density at radius 3 is 2.70 bits per heavy atom. The van der Waals surface area contributed by atoms with Crippen molar-refractivity contribution in [2.45, 2.75) is 6.42 Å². The lowest BCUT2D eigenvalue weighted by molar-refractivity contribution is -0.130. The van der Waals surface area contributed by atoms with Crippen molar-refractivity contribution in [1.29, 1.82) is 0 Å². The van der Waals surface area contributed by atoms with E-state index in [1.165, 1.54) is 25.3 Å². The Morgan fingerprint density at radius 1 is 1.22 bits per heavy atom. The van der Waals surface area contributed by atoms with Gasteiger partial charge in [0.05, 0.1) is 7.11 Å². The van der Waals surface area contributed by atoms with Gasteiger partial charge in [-0.3, -0.25) is 0 Å². The van der Waals surface area contributed by atoms with Gasteiger partial charge in [0.1, 0.15) is 0 Å². The number of hydrogen-bond donors (Lipinski definition) is 0. The molecule has 1 aliphatic rings. The molecular weight excluding hydrogens is 297 g/mol. The fraction of sp³-hybridized carbons (Fsp3) is 0.111. The highest BCUT2D eigenvalue weighted by atomic mass is 19.1. The van der Waals surface area contributed by atoms with Crippen molar-refractivity contribution in [2.75, 3.05) is 7.11 Å². The van der Waals surface area contributed by atoms with Gasteiger partial charge in [-0.1, -0.05) is 36.4 Å². The zero-order chi connectivity index (χ0) is 16.2. The monoisotopic (exact) mass is 311 g/mol. The van der Waals surface area contributed by atoms with E-state index < -0.39 is 11.8 Å². The third-order valence-corrected chi connectivity index (χ3v) is 3.34. The van der Waals surface area contributed by atoms with Crippen LogP contribution in [0.5, 0.6) is 5.75 Å². The summed E-state index contributed by atoms with van der Waals surface area (Å²) >= 11 is 0. The molecule has 0 saturated carbocycles. The van der Waals surface area contributed by atoms with E-state index in [1.807, 2.05) is 30.3 Å². The van der Waals surface area contributed by atoms with Crippen LogP contribution in [-0.4, -0.2) is 19.0 Å². The maximum Gasteiger partial charge on any atom is 0.363 e. The van der Waals surface area contributed by atoms with E-state index >= 15 is 0 Å². The molecule has 2 aromatic rings. The van der Waals surface area contributed by atoms with E-state index in [4.69, 9.17) is 9.47 Å². The molecule has 5 heteroatoms. The van der Waals surface area contributed by atoms with E-state index in [-0.39, 0.29) is 11.4 Å². The summed E-state index contributed by atoms with van der Waals surface area (Å²) in [5.74, 6) is -0.551. The van der Waals surface area contributed by atoms with Gasteiger partial charge in [0, 0.05) is 6.42 Å². The molecule has 0 atom stereocenters. The second-order valence-corrected chi connectivity index (χ2v) is 4.98. The Balaban J connectivity index is 1.82. The van der Waals surface area contributed by atoms with Crippen LogP contribution in [0.3, 0.4) is 0 Å². The van der Waals surface area contributed by atoms with Crippen molar-refractivity contribution in [3.05, 3.63) is 71.2 Å². The van der Waals surface area contributed by atoms with Crippen molar-refractivity contribution in [1.82, 2.24) is 0 Å². The lowest BCUT2D eigenvalue weighted by atomic mass is 10.1. The second-order valence-electron chi connectivity index (χ2n) is 4.98. The van der Waals surface area contributed by atoms with Crippen LogP contribution in [0, 0.1) is 5.82 Å². The maximum absolute atomic E-state index is 13.7. The number of halogens is 1. The molecule has 0 fully saturated rings. The number of carbonyl (C=O) groups is 1. The second kappa shape index (κ2) is 6.44. The third-order valence-electron chi connectivity index (χ3n) is 3.34. The van der Waals surface area contributed by atoms with Gasteiger partial charge in [-0.2, -0.15) is 0 Å². The molecular formula is C18H14FNO3. The van der Waals surface area contributed by atoms with Crippen molar-refractivity contribution in [3.63, 3.8) is 0 Å². The van der Waals surface area contributed by atoms with Crippen molar-refractivity contribution >= 4 is 17.9 Å². The fourth-order valence-electron chi connectivity index (χ4n) is 2.23. The minimum atomic E-state index is -0.535. The molecule has 0 amide bonds. The van der Waals surface area contributed by atoms with Gasteiger partial charge >= 0.3 is 5.97 Å². The molecule has 0 spiro atoms. The van der Waals surface area contributed by atoms with Crippen LogP contribution in [0.2, 0.25) is 0 Å². The van der Waals surface area contributed by atoms with Gasteiger partial charge in [0.15, 0.2) is 17.3 Å². The summed E-state index contributed by atoms with van der Waals surface area (Å²) in [5.41, 5.74) is 1.66. The van der Waals surface area contributed by atoms with Crippen LogP contribution in [0.4, 0.5) is 4.39 Å². The van der Waals surface area contributed by atoms with Crippen LogP contribution in [0.15, 0.2) is 59.2 Å². The Morgan fingerprint density at radius 2 is 2.00 bits per heavy atom. The molecule has 2 aromatic carbocycles. The molecule has 1 heterocycles. The Hall–Kier alpha value is -2.95. The first kappa shape index (κ1) is 15.0. The summed E-state index contributed by atoms with van der Waals surface area (Å²) in [7, 11) is 1.39. The minimum absolute atomic E-state index is 0.148. The average Bonchev–Trinajstić information content (AvgIpc) is 2.88. The van der Waals surface area contributed by atoms with E-state index in [9.17, 15) is 9.18 Å². The number of ether oxygens (including phenoxy) is 2. The number of hydrogen-bond acceptors (Lipinski definition) is 4. The smallest absolute Gasteiger partial charge is 0.363 e. The summed E-state index contributed by atoms with van der Waals surface area (Å²) in [4.78, 5) is 16.0. The van der Waals surface area contributed by atoms with Crippen LogP contribution < -0.4 is 4.74 Å². The highest BCUT2D eigenvalue weighted by Crippen LogP contribution is 2.22. The Kier molecular flexibility index (Phi) is 4.19. The predicted octanol–water partition coefficient (Wildman–Crippen LogP) is 3.37. The molecule has 0 N–H and O–H groups in total. The summed E-state index contributed by atoms with van der Waals surface area (Å²) < 4.78 is 23.7. The molecule has 0 unspecified atom stereocenters. The van der Waals surface area contributed by atoms with E-state index in [1.54, 1.807) is 6.07 Å². The van der Waals surface area contributed by atoms with Crippen molar-refractivity contribution in [3.8, 4) is 5.75 Å². The number of esters is 1. The quantitative estimate of drug-likeness (QED) is 0.642. The third kappa shape index (κ3) is 3.45. The highest BCUT2D eigenvalue weighted by molar-refractivity contribution is 6.07. The standard InChI is InChI=1S/C18H14FNO3/c1-22-16-8-7-13(9-14(16)19)10-15-18(21)23-17(20-15)11-12-5-3-2-4-6-12/h2-10H,11H2,1H3/b15-10+. The first-order valence-corrected chi connectivity index (χ1v) is 7.04. The number of carbonyl (C=O) groups excluding carboxylic acids is 1. The van der Waals surface area contributed by atoms with Crippen LogP contribution in [0.1, 0.15) is 11.1 Å². The molecule has 0 radical (unpaired) electrons. The van der Waals surface area contributed by atoms with E-state index in [0.717, 1.165) is 5.56 Å². The van der Waals surface area contributed by atoms with Crippen LogP contribution >= 0.6 is 0 Å². The fourth-order valence-corrected chi connectivity index (χ4v) is 2.23. The lowest BCUT2D eigenvalue weighted by Gasteiger charge is -2.01. The van der Waals surface area contributed by atoms with Crippen molar-refractivity contribution in [2.24, 2.45) is 4.99 Å². The summed E-state index contributed by atoms with van der Waals surface area (Å²) in [5, 5.41) is 0. The number of methoxy groups -OCH3 is 1. The lowest BCUT2D eigenvalue weighted by Crippen LogP contribution is -2.06. The average molecular weight is 311 g/mol. The first-order chi connectivity index (χ1) is 11.2. The van der Waals surface area contributed by atoms with Gasteiger partial charge in [0.2, 0.25) is 5.90 Å². The topological polar surface area (TPSA) is 47.9 Å². The van der Waals surface area contributed by atoms with Gasteiger partial charge in [-0.15, -0.1) is 0 Å². The number of nitrogens with zero attached hydrogens (tertiary/aromatic N) is 1. The molecule has 23 heavy (non-hydrogen) atoms. The zero-order valence-electron chi connectivity index (χ0n) is 12.5. The molecule has 0 bridgehead atoms. The highest BCUT2D eigenvalue weighted by Gasteiger charge is 2.23. The van der Waals surface area contributed by atoms with E-state index in [0.29, 0.717) is 17.9 Å². The van der Waals surface area contributed by atoms with E-state index in [2.05, 4.69) is 4.99 Å². The number of aliphatic imine (C=N–C) groups is 1. The van der Waals surface area contributed by atoms with Crippen LogP contribution in [-0.2, 0) is 16.0 Å². The molecule has 0 saturated heterocycles. The summed E-state index contributed by atoms with van der Waals surface area (Å²) in [6.07, 6.45) is 1.92. The predicted molar refractivity (Wildman–Crippen MR) is 84.6 cm³/mol. The zero-order valence-corrected chi connectivity index (χ0v) is 12.5. The van der Waals surface area contributed by atoms with Gasteiger partial charge < -0.3 is 9.47 Å². The minimum Gasteiger partial charge on any atom is -0.494 e. The molecule has 116 valence electrons. The number of cyclic esters (lactones) is 1. The SMILES string of the molecule is COc1ccc(/C=C2/N=C(Cc3ccccc3)OC2=O)cc1F. The first-order valence-electron chi connectivity index (χ1n) is 7.04. The molecule has 0 aliphatic carbocycles. The molecule has 4 nitrogen and oxygen atoms in total. The van der Waals surface area contributed by atoms with Gasteiger partial charge in [-0.25, -0.2) is 14.2 Å². The summed E-state index contributed by atoms with van der Waals surface area (Å²) in [6, 6.07) is 14.0. The van der Waals surface area contributed by atoms with Crippen LogP contribution in [0.25, 0.3) is 6.08 Å². The van der Waals surface area contributed by atoms with Crippen molar-refractivity contribution < 1.29 is 18.7 Å². The maximum atomic E-state index is 13.7. The molecule has 3 rings (SSSR count). The molecule has 0 aromatic heterocycles. The number of benzene rings is 2. The van der Waals surface area contributed by atoms with Gasteiger partial charge in [-0.05, 0) is 29.3 Å². The Bertz CT molecular complexity index is 797. The number of rotatable bonds is 4. The largest absolute Gasteiger partial charge is 0.494 e.